The van der Waals surface area contributed by atoms with E-state index in [0.717, 1.165) is 5.56 Å². The van der Waals surface area contributed by atoms with E-state index in [1.54, 1.807) is 12.3 Å². The van der Waals surface area contributed by atoms with Crippen molar-refractivity contribution in [2.75, 3.05) is 19.8 Å². The molecule has 5 nitrogen and oxygen atoms in total. The zero-order valence-corrected chi connectivity index (χ0v) is 11.7. The Hall–Kier alpha value is -1.46. The lowest BCUT2D eigenvalue weighted by Crippen LogP contribution is -2.34. The Morgan fingerprint density at radius 2 is 2.16 bits per heavy atom. The lowest BCUT2D eigenvalue weighted by molar-refractivity contribution is 0.0259. The maximum Gasteiger partial charge on any atom is 0.252 e. The first-order valence-electron chi connectivity index (χ1n) is 6.44. The number of amides is 1. The fourth-order valence-electron chi connectivity index (χ4n) is 1.49. The van der Waals surface area contributed by atoms with E-state index < -0.39 is 6.10 Å². The molecule has 1 amide bonds. The molecule has 0 aliphatic heterocycles. The van der Waals surface area contributed by atoms with Crippen molar-refractivity contribution in [2.24, 2.45) is 5.92 Å². The highest BCUT2D eigenvalue weighted by molar-refractivity contribution is 5.93. The number of nitrogens with zero attached hydrogens (tertiary/aromatic N) is 1. The minimum absolute atomic E-state index is 0.171. The predicted molar refractivity (Wildman–Crippen MR) is 73.0 cm³/mol. The second-order valence-electron chi connectivity index (χ2n) is 5.05. The van der Waals surface area contributed by atoms with E-state index in [1.165, 1.54) is 6.20 Å². The van der Waals surface area contributed by atoms with Crippen LogP contribution in [0.5, 0.6) is 0 Å². The number of rotatable bonds is 7. The molecule has 0 radical (unpaired) electrons. The van der Waals surface area contributed by atoms with Crippen LogP contribution in [0.1, 0.15) is 29.8 Å². The van der Waals surface area contributed by atoms with Gasteiger partial charge in [-0.2, -0.15) is 0 Å². The van der Waals surface area contributed by atoms with Crippen molar-refractivity contribution >= 4 is 5.91 Å². The second-order valence-corrected chi connectivity index (χ2v) is 5.05. The third kappa shape index (κ3) is 6.31. The molecule has 1 unspecified atom stereocenters. The number of aliphatic hydroxyl groups excluding tert-OH is 1. The molecule has 106 valence electrons. The SMILES string of the molecule is Cc1cncc(C(=O)NCC(O)COCC(C)C)c1. The van der Waals surface area contributed by atoms with Gasteiger partial charge in [-0.3, -0.25) is 9.78 Å². The lowest BCUT2D eigenvalue weighted by Gasteiger charge is -2.13. The molecule has 0 aromatic carbocycles. The second kappa shape index (κ2) is 7.86. The van der Waals surface area contributed by atoms with E-state index in [4.69, 9.17) is 4.74 Å². The zero-order valence-electron chi connectivity index (χ0n) is 11.7. The number of hydrogen-bond donors (Lipinski definition) is 2. The molecule has 1 aromatic heterocycles. The normalized spacial score (nSPS) is 12.5. The summed E-state index contributed by atoms with van der Waals surface area (Å²) in [6, 6.07) is 1.75. The summed E-state index contributed by atoms with van der Waals surface area (Å²) in [5.41, 5.74) is 1.42. The van der Waals surface area contributed by atoms with Crippen molar-refractivity contribution in [3.63, 3.8) is 0 Å². The third-order valence-corrected chi connectivity index (χ3v) is 2.40. The van der Waals surface area contributed by atoms with Gasteiger partial charge in [0.15, 0.2) is 0 Å². The summed E-state index contributed by atoms with van der Waals surface area (Å²) in [7, 11) is 0. The van der Waals surface area contributed by atoms with Gasteiger partial charge >= 0.3 is 0 Å². The van der Waals surface area contributed by atoms with Gasteiger partial charge < -0.3 is 15.2 Å². The van der Waals surface area contributed by atoms with Crippen LogP contribution in [-0.4, -0.2) is 41.9 Å². The van der Waals surface area contributed by atoms with Crippen molar-refractivity contribution in [3.05, 3.63) is 29.6 Å². The Morgan fingerprint density at radius 3 is 2.79 bits per heavy atom. The summed E-state index contributed by atoms with van der Waals surface area (Å²) in [5, 5.41) is 12.3. The van der Waals surface area contributed by atoms with Crippen molar-refractivity contribution in [1.82, 2.24) is 10.3 Å². The summed E-state index contributed by atoms with van der Waals surface area (Å²) >= 11 is 0. The Balaban J connectivity index is 2.30. The van der Waals surface area contributed by atoms with E-state index in [0.29, 0.717) is 18.1 Å². The Labute approximate surface area is 114 Å². The number of aliphatic hydroxyl groups is 1. The summed E-state index contributed by atoms with van der Waals surface area (Å²) in [5.74, 6) is 0.194. The molecule has 0 aliphatic rings. The molecule has 0 spiro atoms. The smallest absolute Gasteiger partial charge is 0.252 e. The molecule has 1 rings (SSSR count). The zero-order chi connectivity index (χ0) is 14.3. The Morgan fingerprint density at radius 1 is 1.42 bits per heavy atom. The highest BCUT2D eigenvalue weighted by atomic mass is 16.5. The van der Waals surface area contributed by atoms with Gasteiger partial charge in [0, 0.05) is 25.5 Å². The molecule has 19 heavy (non-hydrogen) atoms. The Kier molecular flexibility index (Phi) is 6.45. The first-order chi connectivity index (χ1) is 8.99. The third-order valence-electron chi connectivity index (χ3n) is 2.40. The first kappa shape index (κ1) is 15.6. The highest BCUT2D eigenvalue weighted by Gasteiger charge is 2.10. The van der Waals surface area contributed by atoms with Crippen LogP contribution in [0.25, 0.3) is 0 Å². The quantitative estimate of drug-likeness (QED) is 0.776. The van der Waals surface area contributed by atoms with Crippen molar-refractivity contribution in [3.8, 4) is 0 Å². The van der Waals surface area contributed by atoms with Gasteiger partial charge in [0.2, 0.25) is 0 Å². The highest BCUT2D eigenvalue weighted by Crippen LogP contribution is 2.01. The standard InChI is InChI=1S/C14H22N2O3/c1-10(2)8-19-9-13(17)7-16-14(18)12-4-11(3)5-15-6-12/h4-6,10,13,17H,7-9H2,1-3H3,(H,16,18). The number of nitrogens with one attached hydrogen (secondary N) is 1. The number of aryl methyl sites for hydroxylation is 1. The molecule has 0 aliphatic carbocycles. The van der Waals surface area contributed by atoms with Gasteiger partial charge in [0.05, 0.1) is 18.3 Å². The van der Waals surface area contributed by atoms with Crippen molar-refractivity contribution < 1.29 is 14.6 Å². The number of ether oxygens (including phenoxy) is 1. The maximum absolute atomic E-state index is 11.8. The van der Waals surface area contributed by atoms with Gasteiger partial charge in [0.25, 0.3) is 5.91 Å². The fraction of sp³-hybridized carbons (Fsp3) is 0.571. The number of carbonyl (C=O) groups excluding carboxylic acids is 1. The minimum Gasteiger partial charge on any atom is -0.389 e. The molecule has 1 heterocycles. The number of carbonyl (C=O) groups is 1. The molecule has 5 heteroatoms. The fourth-order valence-corrected chi connectivity index (χ4v) is 1.49. The van der Waals surface area contributed by atoms with Crippen molar-refractivity contribution in [1.29, 1.82) is 0 Å². The summed E-state index contributed by atoms with van der Waals surface area (Å²) in [6.45, 7) is 6.96. The van der Waals surface area contributed by atoms with Crippen LogP contribution >= 0.6 is 0 Å². The molecule has 2 N–H and O–H groups in total. The molecule has 1 aromatic rings. The largest absolute Gasteiger partial charge is 0.389 e. The molecular formula is C14H22N2O3. The topological polar surface area (TPSA) is 71.5 Å². The molecule has 1 atom stereocenters. The van der Waals surface area contributed by atoms with Gasteiger partial charge in [-0.25, -0.2) is 0 Å². The summed E-state index contributed by atoms with van der Waals surface area (Å²) < 4.78 is 5.30. The number of hydrogen-bond acceptors (Lipinski definition) is 4. The monoisotopic (exact) mass is 266 g/mol. The average Bonchev–Trinajstić information content (AvgIpc) is 2.35. The molecule has 0 saturated carbocycles. The number of pyridine rings is 1. The summed E-state index contributed by atoms with van der Waals surface area (Å²) in [4.78, 5) is 15.7. The number of aromatic nitrogens is 1. The van der Waals surface area contributed by atoms with Crippen LogP contribution in [0, 0.1) is 12.8 Å². The van der Waals surface area contributed by atoms with E-state index in [-0.39, 0.29) is 19.1 Å². The van der Waals surface area contributed by atoms with Crippen LogP contribution < -0.4 is 5.32 Å². The van der Waals surface area contributed by atoms with Crippen LogP contribution in [0.4, 0.5) is 0 Å². The molecule has 0 saturated heterocycles. The summed E-state index contributed by atoms with van der Waals surface area (Å²) in [6.07, 6.45) is 2.50. The van der Waals surface area contributed by atoms with Crippen LogP contribution in [0.3, 0.4) is 0 Å². The minimum atomic E-state index is -0.694. The average molecular weight is 266 g/mol. The molecule has 0 bridgehead atoms. The van der Waals surface area contributed by atoms with E-state index >= 15 is 0 Å². The van der Waals surface area contributed by atoms with Gasteiger partial charge in [-0.15, -0.1) is 0 Å². The molecular weight excluding hydrogens is 244 g/mol. The Bertz CT molecular complexity index is 407. The van der Waals surface area contributed by atoms with Crippen LogP contribution in [-0.2, 0) is 4.74 Å². The van der Waals surface area contributed by atoms with E-state index in [2.05, 4.69) is 10.3 Å². The first-order valence-corrected chi connectivity index (χ1v) is 6.44. The van der Waals surface area contributed by atoms with E-state index in [1.807, 2.05) is 20.8 Å². The van der Waals surface area contributed by atoms with Gasteiger partial charge in [-0.1, -0.05) is 13.8 Å². The van der Waals surface area contributed by atoms with Crippen LogP contribution in [0.2, 0.25) is 0 Å². The maximum atomic E-state index is 11.8. The predicted octanol–water partition coefficient (Wildman–Crippen LogP) is 1.15. The molecule has 0 fully saturated rings. The van der Waals surface area contributed by atoms with Gasteiger partial charge in [0.1, 0.15) is 0 Å². The van der Waals surface area contributed by atoms with Gasteiger partial charge in [-0.05, 0) is 24.5 Å². The lowest BCUT2D eigenvalue weighted by atomic mass is 10.2. The van der Waals surface area contributed by atoms with Crippen LogP contribution in [0.15, 0.2) is 18.5 Å². The van der Waals surface area contributed by atoms with E-state index in [9.17, 15) is 9.90 Å². The van der Waals surface area contributed by atoms with Crippen molar-refractivity contribution in [2.45, 2.75) is 26.9 Å².